The predicted octanol–water partition coefficient (Wildman–Crippen LogP) is 4.03. The highest BCUT2D eigenvalue weighted by Gasteiger charge is 2.26. The van der Waals surface area contributed by atoms with Crippen LogP contribution in [-0.2, 0) is 6.54 Å². The molecule has 1 saturated carbocycles. The molecule has 0 atom stereocenters. The van der Waals surface area contributed by atoms with Crippen LogP contribution in [0.2, 0.25) is 0 Å². The maximum atomic E-state index is 12.8. The molecule has 0 spiro atoms. The molecule has 2 aromatic carbocycles. The zero-order valence-electron chi connectivity index (χ0n) is 15.7. The van der Waals surface area contributed by atoms with Gasteiger partial charge in [0.2, 0.25) is 0 Å². The minimum Gasteiger partial charge on any atom is -0.333 e. The third kappa shape index (κ3) is 3.07. The average Bonchev–Trinajstić information content (AvgIpc) is 3.26. The SMILES string of the molecule is CN(Cc1nccn1C1CC1)C(=O)c1cc(-c2ccc3ccccc3c2)n[nH]1. The molecule has 1 aliphatic rings. The van der Waals surface area contributed by atoms with Crippen LogP contribution in [0.3, 0.4) is 0 Å². The minimum atomic E-state index is -0.0927. The van der Waals surface area contributed by atoms with Crippen LogP contribution in [0.1, 0.15) is 35.2 Å². The first-order valence-electron chi connectivity index (χ1n) is 9.51. The van der Waals surface area contributed by atoms with Crippen molar-refractivity contribution in [2.75, 3.05) is 7.05 Å². The minimum absolute atomic E-state index is 0.0927. The zero-order chi connectivity index (χ0) is 19.1. The summed E-state index contributed by atoms with van der Waals surface area (Å²) in [5, 5.41) is 9.59. The van der Waals surface area contributed by atoms with Gasteiger partial charge in [-0.2, -0.15) is 5.10 Å². The highest BCUT2D eigenvalue weighted by atomic mass is 16.2. The van der Waals surface area contributed by atoms with Crippen molar-refractivity contribution in [3.05, 3.63) is 72.4 Å². The predicted molar refractivity (Wildman–Crippen MR) is 108 cm³/mol. The molecule has 140 valence electrons. The summed E-state index contributed by atoms with van der Waals surface area (Å²) in [4.78, 5) is 18.9. The molecule has 0 bridgehead atoms. The highest BCUT2D eigenvalue weighted by molar-refractivity contribution is 5.94. The molecular formula is C22H21N5O. The summed E-state index contributed by atoms with van der Waals surface area (Å²) in [7, 11) is 1.80. The third-order valence-corrected chi connectivity index (χ3v) is 5.27. The second-order valence-electron chi connectivity index (χ2n) is 7.37. The molecule has 4 aromatic rings. The Hall–Kier alpha value is -3.41. The van der Waals surface area contributed by atoms with Gasteiger partial charge in [-0.15, -0.1) is 0 Å². The van der Waals surface area contributed by atoms with Gasteiger partial charge in [-0.3, -0.25) is 9.89 Å². The first-order valence-corrected chi connectivity index (χ1v) is 9.51. The maximum Gasteiger partial charge on any atom is 0.272 e. The Morgan fingerprint density at radius 2 is 2.00 bits per heavy atom. The molecule has 0 aliphatic heterocycles. The topological polar surface area (TPSA) is 66.8 Å². The highest BCUT2D eigenvalue weighted by Crippen LogP contribution is 2.35. The van der Waals surface area contributed by atoms with E-state index < -0.39 is 0 Å². The van der Waals surface area contributed by atoms with Crippen molar-refractivity contribution in [3.63, 3.8) is 0 Å². The van der Waals surface area contributed by atoms with Crippen LogP contribution in [0, 0.1) is 0 Å². The van der Waals surface area contributed by atoms with Gasteiger partial charge in [-0.1, -0.05) is 36.4 Å². The van der Waals surface area contributed by atoms with E-state index in [9.17, 15) is 4.79 Å². The number of imidazole rings is 1. The van der Waals surface area contributed by atoms with E-state index in [1.807, 2.05) is 30.5 Å². The number of rotatable bonds is 5. The second kappa shape index (κ2) is 6.64. The Bertz CT molecular complexity index is 1150. The molecular weight excluding hydrogens is 350 g/mol. The smallest absolute Gasteiger partial charge is 0.272 e. The fourth-order valence-electron chi connectivity index (χ4n) is 3.57. The van der Waals surface area contributed by atoms with E-state index >= 15 is 0 Å². The molecule has 1 fully saturated rings. The fourth-order valence-corrected chi connectivity index (χ4v) is 3.57. The van der Waals surface area contributed by atoms with Crippen LogP contribution in [0.5, 0.6) is 0 Å². The third-order valence-electron chi connectivity index (χ3n) is 5.27. The van der Waals surface area contributed by atoms with Crippen LogP contribution < -0.4 is 0 Å². The Kier molecular flexibility index (Phi) is 3.97. The number of aromatic nitrogens is 4. The van der Waals surface area contributed by atoms with Crippen molar-refractivity contribution in [1.82, 2.24) is 24.6 Å². The van der Waals surface area contributed by atoms with Gasteiger partial charge in [-0.25, -0.2) is 4.98 Å². The van der Waals surface area contributed by atoms with Gasteiger partial charge < -0.3 is 9.47 Å². The van der Waals surface area contributed by atoms with Gasteiger partial charge in [0.25, 0.3) is 5.91 Å². The molecule has 0 radical (unpaired) electrons. The number of amides is 1. The van der Waals surface area contributed by atoms with Crippen LogP contribution >= 0.6 is 0 Å². The molecule has 2 heterocycles. The lowest BCUT2D eigenvalue weighted by Crippen LogP contribution is -2.28. The summed E-state index contributed by atoms with van der Waals surface area (Å²) in [5.74, 6) is 0.831. The van der Waals surface area contributed by atoms with Crippen molar-refractivity contribution in [1.29, 1.82) is 0 Å². The van der Waals surface area contributed by atoms with Crippen molar-refractivity contribution in [3.8, 4) is 11.3 Å². The van der Waals surface area contributed by atoms with Gasteiger partial charge in [0, 0.05) is 31.0 Å². The van der Waals surface area contributed by atoms with Gasteiger partial charge in [-0.05, 0) is 35.7 Å². The number of carbonyl (C=O) groups is 1. The lowest BCUT2D eigenvalue weighted by molar-refractivity contribution is 0.0774. The monoisotopic (exact) mass is 371 g/mol. The van der Waals surface area contributed by atoms with Crippen LogP contribution in [-0.4, -0.2) is 37.6 Å². The van der Waals surface area contributed by atoms with Gasteiger partial charge in [0.15, 0.2) is 0 Å². The van der Waals surface area contributed by atoms with E-state index in [1.54, 1.807) is 18.1 Å². The largest absolute Gasteiger partial charge is 0.333 e. The van der Waals surface area contributed by atoms with Crippen LogP contribution in [0.4, 0.5) is 0 Å². The van der Waals surface area contributed by atoms with Crippen LogP contribution in [0.15, 0.2) is 60.9 Å². The molecule has 6 nitrogen and oxygen atoms in total. The molecule has 28 heavy (non-hydrogen) atoms. The standard InChI is InChI=1S/C22H21N5O/c1-26(14-21-23-10-11-27(21)18-8-9-18)22(28)20-13-19(24-25-20)17-7-6-15-4-2-3-5-16(15)12-17/h2-7,10-13,18H,8-9,14H2,1H3,(H,24,25). The Morgan fingerprint density at radius 1 is 1.18 bits per heavy atom. The number of hydrogen-bond acceptors (Lipinski definition) is 3. The first kappa shape index (κ1) is 16.7. The molecule has 1 aliphatic carbocycles. The lowest BCUT2D eigenvalue weighted by atomic mass is 10.1. The summed E-state index contributed by atoms with van der Waals surface area (Å²) < 4.78 is 2.18. The van der Waals surface area contributed by atoms with E-state index in [-0.39, 0.29) is 5.91 Å². The molecule has 1 amide bonds. The lowest BCUT2D eigenvalue weighted by Gasteiger charge is -2.16. The number of aromatic amines is 1. The van der Waals surface area contributed by atoms with E-state index in [0.29, 0.717) is 18.3 Å². The number of fused-ring (bicyclic) bond motifs is 1. The quantitative estimate of drug-likeness (QED) is 0.576. The fraction of sp³-hybridized carbons (Fsp3) is 0.227. The first-order chi connectivity index (χ1) is 13.7. The van der Waals surface area contributed by atoms with E-state index in [0.717, 1.165) is 22.5 Å². The number of nitrogens with one attached hydrogen (secondary N) is 1. The second-order valence-corrected chi connectivity index (χ2v) is 7.37. The summed E-state index contributed by atoms with van der Waals surface area (Å²) in [5.41, 5.74) is 2.23. The van der Waals surface area contributed by atoms with Crippen molar-refractivity contribution in [2.45, 2.75) is 25.4 Å². The molecule has 6 heteroatoms. The molecule has 0 saturated heterocycles. The normalized spacial score (nSPS) is 13.8. The zero-order valence-corrected chi connectivity index (χ0v) is 15.7. The van der Waals surface area contributed by atoms with Crippen molar-refractivity contribution in [2.24, 2.45) is 0 Å². The van der Waals surface area contributed by atoms with E-state index in [2.05, 4.69) is 44.0 Å². The average molecular weight is 371 g/mol. The van der Waals surface area contributed by atoms with Gasteiger partial charge in [0.05, 0.1) is 12.2 Å². The number of hydrogen-bond donors (Lipinski definition) is 1. The number of H-pyrrole nitrogens is 1. The number of carbonyl (C=O) groups excluding carboxylic acids is 1. The Morgan fingerprint density at radius 3 is 2.82 bits per heavy atom. The number of nitrogens with zero attached hydrogens (tertiary/aromatic N) is 4. The van der Waals surface area contributed by atoms with Crippen molar-refractivity contribution < 1.29 is 4.79 Å². The summed E-state index contributed by atoms with van der Waals surface area (Å²) in [6.45, 7) is 0.479. The maximum absolute atomic E-state index is 12.8. The Labute approximate surface area is 162 Å². The summed E-state index contributed by atoms with van der Waals surface area (Å²) in [6, 6.07) is 16.8. The van der Waals surface area contributed by atoms with Gasteiger partial charge >= 0.3 is 0 Å². The van der Waals surface area contributed by atoms with E-state index in [4.69, 9.17) is 0 Å². The molecule has 5 rings (SSSR count). The Balaban J connectivity index is 1.35. The molecule has 0 unspecified atom stereocenters. The van der Waals surface area contributed by atoms with Gasteiger partial charge in [0.1, 0.15) is 11.5 Å². The summed E-state index contributed by atoms with van der Waals surface area (Å²) >= 11 is 0. The molecule has 2 aromatic heterocycles. The number of benzene rings is 2. The van der Waals surface area contributed by atoms with Crippen LogP contribution in [0.25, 0.3) is 22.0 Å². The molecule has 1 N–H and O–H groups in total. The van der Waals surface area contributed by atoms with E-state index in [1.165, 1.54) is 18.2 Å². The summed E-state index contributed by atoms with van der Waals surface area (Å²) in [6.07, 6.45) is 6.19. The van der Waals surface area contributed by atoms with Crippen molar-refractivity contribution >= 4 is 16.7 Å².